The van der Waals surface area contributed by atoms with E-state index in [2.05, 4.69) is 0 Å². The Morgan fingerprint density at radius 3 is 1.59 bits per heavy atom. The zero-order chi connectivity index (χ0) is 19.8. The van der Waals surface area contributed by atoms with Crippen LogP contribution < -0.4 is 0 Å². The quantitative estimate of drug-likeness (QED) is 0.688. The second kappa shape index (κ2) is 7.87. The van der Waals surface area contributed by atoms with Crippen molar-refractivity contribution in [3.8, 4) is 0 Å². The molecule has 0 aliphatic carbocycles. The second-order valence-corrected chi connectivity index (χ2v) is 10.8. The Morgan fingerprint density at radius 1 is 0.630 bits per heavy atom. The Balaban J connectivity index is 1.82. The minimum Gasteiger partial charge on any atom is -0.207 e. The number of sulfonamides is 2. The van der Waals surface area contributed by atoms with E-state index in [1.165, 1.54) is 32.9 Å². The van der Waals surface area contributed by atoms with Crippen molar-refractivity contribution in [2.24, 2.45) is 0 Å². The SMILES string of the molecule is O=S(=O)(c1ccccc1Cl)N1CCN(S(=O)(=O)c2c(Cl)cccc2Cl)CC1. The van der Waals surface area contributed by atoms with Gasteiger partial charge in [0.05, 0.1) is 15.1 Å². The summed E-state index contributed by atoms with van der Waals surface area (Å²) in [7, 11) is -7.76. The van der Waals surface area contributed by atoms with Gasteiger partial charge in [0.15, 0.2) is 0 Å². The zero-order valence-electron chi connectivity index (χ0n) is 13.8. The number of halogens is 3. The highest BCUT2D eigenvalue weighted by atomic mass is 35.5. The maximum atomic E-state index is 12.9. The number of piperazine rings is 1. The molecule has 11 heteroatoms. The maximum absolute atomic E-state index is 12.9. The minimum atomic E-state index is -3.94. The molecule has 6 nitrogen and oxygen atoms in total. The van der Waals surface area contributed by atoms with Gasteiger partial charge in [0.1, 0.15) is 9.79 Å². The Kier molecular flexibility index (Phi) is 6.08. The number of benzene rings is 2. The molecular weight excluding hydrogens is 455 g/mol. The van der Waals surface area contributed by atoms with Crippen molar-refractivity contribution >= 4 is 54.8 Å². The Hall–Kier alpha value is -0.870. The van der Waals surface area contributed by atoms with Crippen LogP contribution in [-0.2, 0) is 20.0 Å². The summed E-state index contributed by atoms with van der Waals surface area (Å²) in [6.45, 7) is -0.0507. The van der Waals surface area contributed by atoms with Crippen LogP contribution in [0.4, 0.5) is 0 Å². The van der Waals surface area contributed by atoms with Gasteiger partial charge in [-0.3, -0.25) is 0 Å². The normalized spacial score (nSPS) is 17.1. The third kappa shape index (κ3) is 3.98. The monoisotopic (exact) mass is 468 g/mol. The molecule has 0 bridgehead atoms. The van der Waals surface area contributed by atoms with E-state index in [0.29, 0.717) is 0 Å². The fourth-order valence-corrected chi connectivity index (χ4v) is 7.23. The van der Waals surface area contributed by atoms with Crippen LogP contribution in [0.3, 0.4) is 0 Å². The molecule has 0 spiro atoms. The predicted molar refractivity (Wildman–Crippen MR) is 105 cm³/mol. The summed E-state index contributed by atoms with van der Waals surface area (Å²) in [4.78, 5) is -0.173. The first-order chi connectivity index (χ1) is 12.7. The van der Waals surface area contributed by atoms with Gasteiger partial charge in [-0.05, 0) is 24.3 Å². The molecule has 2 aromatic carbocycles. The Labute approximate surface area is 173 Å². The molecule has 1 aliphatic rings. The minimum absolute atomic E-state index is 0.00266. The molecule has 0 unspecified atom stereocenters. The van der Waals surface area contributed by atoms with Crippen LogP contribution in [0.25, 0.3) is 0 Å². The standard InChI is InChI=1S/C16H15Cl3N2O4S2/c17-12-4-1-2-7-15(12)26(22,23)20-8-10-21(11-9-20)27(24,25)16-13(18)5-3-6-14(16)19/h1-7H,8-11H2. The van der Waals surface area contributed by atoms with Crippen molar-refractivity contribution in [3.05, 3.63) is 57.5 Å². The van der Waals surface area contributed by atoms with Crippen LogP contribution in [0.15, 0.2) is 52.3 Å². The van der Waals surface area contributed by atoms with Crippen molar-refractivity contribution in [1.29, 1.82) is 0 Å². The van der Waals surface area contributed by atoms with Gasteiger partial charge in [-0.2, -0.15) is 8.61 Å². The van der Waals surface area contributed by atoms with Crippen molar-refractivity contribution < 1.29 is 16.8 Å². The van der Waals surface area contributed by atoms with E-state index in [-0.39, 0.29) is 51.0 Å². The molecule has 27 heavy (non-hydrogen) atoms. The topological polar surface area (TPSA) is 74.8 Å². The molecular formula is C16H15Cl3N2O4S2. The summed E-state index contributed by atoms with van der Waals surface area (Å²) >= 11 is 18.0. The highest BCUT2D eigenvalue weighted by Gasteiger charge is 2.36. The molecule has 1 aliphatic heterocycles. The van der Waals surface area contributed by atoms with Crippen LogP contribution >= 0.6 is 34.8 Å². The summed E-state index contributed by atoms with van der Waals surface area (Å²) in [5, 5.41) is 0.164. The van der Waals surface area contributed by atoms with E-state index in [1.54, 1.807) is 18.2 Å². The first kappa shape index (κ1) is 20.9. The number of hydrogen-bond acceptors (Lipinski definition) is 4. The summed E-state index contributed by atoms with van der Waals surface area (Å²) in [5.74, 6) is 0. The lowest BCUT2D eigenvalue weighted by Crippen LogP contribution is -2.50. The fraction of sp³-hybridized carbons (Fsp3) is 0.250. The van der Waals surface area contributed by atoms with Crippen LogP contribution in [0.5, 0.6) is 0 Å². The largest absolute Gasteiger partial charge is 0.246 e. The van der Waals surface area contributed by atoms with Gasteiger partial charge in [0.2, 0.25) is 20.0 Å². The van der Waals surface area contributed by atoms with E-state index >= 15 is 0 Å². The van der Waals surface area contributed by atoms with E-state index < -0.39 is 20.0 Å². The summed E-state index contributed by atoms with van der Waals surface area (Å²) < 4.78 is 53.7. The first-order valence-electron chi connectivity index (χ1n) is 7.84. The molecule has 146 valence electrons. The molecule has 1 heterocycles. The van der Waals surface area contributed by atoms with Crippen LogP contribution in [-0.4, -0.2) is 51.6 Å². The molecule has 0 aromatic heterocycles. The Morgan fingerprint density at radius 2 is 1.07 bits per heavy atom. The molecule has 3 rings (SSSR count). The molecule has 0 amide bonds. The maximum Gasteiger partial charge on any atom is 0.246 e. The molecule has 0 atom stereocenters. The van der Waals surface area contributed by atoms with Crippen LogP contribution in [0.2, 0.25) is 15.1 Å². The summed E-state index contributed by atoms with van der Waals surface area (Å²) in [6.07, 6.45) is 0. The summed E-state index contributed by atoms with van der Waals surface area (Å²) in [6, 6.07) is 10.6. The van der Waals surface area contributed by atoms with E-state index in [0.717, 1.165) is 0 Å². The Bertz CT molecular complexity index is 1050. The van der Waals surface area contributed by atoms with Crippen molar-refractivity contribution in [2.75, 3.05) is 26.2 Å². The van der Waals surface area contributed by atoms with Gasteiger partial charge >= 0.3 is 0 Å². The molecule has 0 saturated carbocycles. The van der Waals surface area contributed by atoms with Gasteiger partial charge in [-0.15, -0.1) is 0 Å². The highest BCUT2D eigenvalue weighted by Crippen LogP contribution is 2.32. The lowest BCUT2D eigenvalue weighted by atomic mass is 10.4. The number of hydrogen-bond donors (Lipinski definition) is 0. The van der Waals surface area contributed by atoms with Gasteiger partial charge < -0.3 is 0 Å². The average molecular weight is 470 g/mol. The van der Waals surface area contributed by atoms with Crippen molar-refractivity contribution in [3.63, 3.8) is 0 Å². The van der Waals surface area contributed by atoms with Gasteiger partial charge in [0, 0.05) is 26.2 Å². The zero-order valence-corrected chi connectivity index (χ0v) is 17.7. The fourth-order valence-electron chi connectivity index (χ4n) is 2.80. The molecule has 0 radical (unpaired) electrons. The third-order valence-electron chi connectivity index (χ3n) is 4.17. The molecule has 1 fully saturated rings. The van der Waals surface area contributed by atoms with Crippen molar-refractivity contribution in [1.82, 2.24) is 8.61 Å². The molecule has 2 aromatic rings. The average Bonchev–Trinajstić information content (AvgIpc) is 2.61. The van der Waals surface area contributed by atoms with E-state index in [4.69, 9.17) is 34.8 Å². The molecule has 1 saturated heterocycles. The molecule has 0 N–H and O–H groups in total. The number of rotatable bonds is 4. The van der Waals surface area contributed by atoms with Gasteiger partial charge in [-0.1, -0.05) is 53.0 Å². The highest BCUT2D eigenvalue weighted by molar-refractivity contribution is 7.89. The smallest absolute Gasteiger partial charge is 0.207 e. The van der Waals surface area contributed by atoms with Crippen molar-refractivity contribution in [2.45, 2.75) is 9.79 Å². The lowest BCUT2D eigenvalue weighted by Gasteiger charge is -2.33. The van der Waals surface area contributed by atoms with Gasteiger partial charge in [0.25, 0.3) is 0 Å². The van der Waals surface area contributed by atoms with E-state index in [1.807, 2.05) is 0 Å². The number of nitrogens with zero attached hydrogens (tertiary/aromatic N) is 2. The third-order valence-corrected chi connectivity index (χ3v) is 9.42. The van der Waals surface area contributed by atoms with E-state index in [9.17, 15) is 16.8 Å². The van der Waals surface area contributed by atoms with Crippen LogP contribution in [0.1, 0.15) is 0 Å². The first-order valence-corrected chi connectivity index (χ1v) is 11.9. The lowest BCUT2D eigenvalue weighted by molar-refractivity contribution is 0.273. The summed E-state index contributed by atoms with van der Waals surface area (Å²) in [5.41, 5.74) is 0. The predicted octanol–water partition coefficient (Wildman–Crippen LogP) is 3.34. The van der Waals surface area contributed by atoms with Crippen LogP contribution in [0, 0.1) is 0 Å². The second-order valence-electron chi connectivity index (χ2n) is 5.79. The van der Waals surface area contributed by atoms with Gasteiger partial charge in [-0.25, -0.2) is 16.8 Å².